The molecule has 0 saturated heterocycles. The topological polar surface area (TPSA) is 9.23 Å². The number of alkyl halides is 3. The van der Waals surface area contributed by atoms with Crippen LogP contribution in [-0.2, 0) is 10.1 Å². The molecule has 186 valence electrons. The standard InChI is InChI=1S/C27H37ClF4O/c1-33-16-17-2-4-18(5-3-17)19-6-8-20(9-7-19)21-10-12-22(13-11-21)23-14-24(29)26(25(30)15-23)27(28,31)32/h14-15,17-22H,2-13,16H2,1H3. The molecule has 0 bridgehead atoms. The minimum absolute atomic E-state index is 0.0295. The lowest BCUT2D eigenvalue weighted by Gasteiger charge is -2.41. The molecular weight excluding hydrogens is 452 g/mol. The van der Waals surface area contributed by atoms with Crippen molar-refractivity contribution in [3.05, 3.63) is 34.9 Å². The predicted molar refractivity (Wildman–Crippen MR) is 124 cm³/mol. The fraction of sp³-hybridized carbons (Fsp3) is 0.778. The Bertz CT molecular complexity index is 748. The first-order valence-electron chi connectivity index (χ1n) is 12.8. The second-order valence-corrected chi connectivity index (χ2v) is 11.4. The summed E-state index contributed by atoms with van der Waals surface area (Å²) in [6.45, 7) is 0.907. The highest BCUT2D eigenvalue weighted by Gasteiger charge is 2.38. The van der Waals surface area contributed by atoms with Gasteiger partial charge in [0.15, 0.2) is 0 Å². The Morgan fingerprint density at radius 3 is 1.55 bits per heavy atom. The third-order valence-electron chi connectivity index (χ3n) is 9.03. The van der Waals surface area contributed by atoms with Crippen LogP contribution in [-0.4, -0.2) is 13.7 Å². The van der Waals surface area contributed by atoms with Crippen LogP contribution in [0.5, 0.6) is 0 Å². The van der Waals surface area contributed by atoms with Crippen molar-refractivity contribution in [2.75, 3.05) is 13.7 Å². The largest absolute Gasteiger partial charge is 0.384 e. The van der Waals surface area contributed by atoms with Gasteiger partial charge in [-0.15, -0.1) is 0 Å². The maximum atomic E-state index is 14.2. The highest BCUT2D eigenvalue weighted by molar-refractivity contribution is 6.21. The monoisotopic (exact) mass is 488 g/mol. The Hall–Kier alpha value is -0.810. The fourth-order valence-electron chi connectivity index (χ4n) is 7.17. The first-order chi connectivity index (χ1) is 15.8. The van der Waals surface area contributed by atoms with E-state index in [2.05, 4.69) is 0 Å². The maximum Gasteiger partial charge on any atom is 0.353 e. The molecule has 3 aliphatic carbocycles. The third-order valence-corrected chi connectivity index (χ3v) is 9.22. The zero-order valence-electron chi connectivity index (χ0n) is 19.6. The fourth-order valence-corrected chi connectivity index (χ4v) is 7.35. The molecular formula is C27H37ClF4O. The minimum Gasteiger partial charge on any atom is -0.384 e. The van der Waals surface area contributed by atoms with E-state index in [9.17, 15) is 17.6 Å². The molecule has 0 amide bonds. The zero-order valence-corrected chi connectivity index (χ0v) is 20.4. The molecule has 1 aromatic carbocycles. The van der Waals surface area contributed by atoms with E-state index < -0.39 is 22.6 Å². The molecule has 0 N–H and O–H groups in total. The van der Waals surface area contributed by atoms with Crippen molar-refractivity contribution in [3.63, 3.8) is 0 Å². The van der Waals surface area contributed by atoms with Crippen LogP contribution >= 0.6 is 11.6 Å². The van der Waals surface area contributed by atoms with Crippen molar-refractivity contribution in [1.82, 2.24) is 0 Å². The lowest BCUT2D eigenvalue weighted by atomic mass is 9.64. The van der Waals surface area contributed by atoms with Crippen LogP contribution < -0.4 is 0 Å². The summed E-state index contributed by atoms with van der Waals surface area (Å²) in [5, 5.41) is -4.04. The lowest BCUT2D eigenvalue weighted by molar-refractivity contribution is 0.0824. The van der Waals surface area contributed by atoms with E-state index in [1.807, 2.05) is 0 Å². The molecule has 1 nitrogen and oxygen atoms in total. The molecule has 0 aliphatic heterocycles. The van der Waals surface area contributed by atoms with Gasteiger partial charge in [0.25, 0.3) is 0 Å². The van der Waals surface area contributed by atoms with Gasteiger partial charge in [0.2, 0.25) is 0 Å². The molecule has 1 aromatic rings. The van der Waals surface area contributed by atoms with Gasteiger partial charge in [-0.05, 0) is 142 Å². The molecule has 3 fully saturated rings. The van der Waals surface area contributed by atoms with Crippen molar-refractivity contribution >= 4 is 11.6 Å². The van der Waals surface area contributed by atoms with E-state index >= 15 is 0 Å². The quantitative estimate of drug-likeness (QED) is 0.287. The molecule has 0 unspecified atom stereocenters. The number of ether oxygens (including phenoxy) is 1. The first kappa shape index (κ1) is 25.3. The Morgan fingerprint density at radius 1 is 0.758 bits per heavy atom. The Labute approximate surface area is 200 Å². The summed E-state index contributed by atoms with van der Waals surface area (Å²) in [5.41, 5.74) is -0.855. The molecule has 3 aliphatic rings. The number of benzene rings is 1. The predicted octanol–water partition coefficient (Wildman–Crippen LogP) is 8.79. The second-order valence-electron chi connectivity index (χ2n) is 10.9. The molecule has 0 spiro atoms. The summed E-state index contributed by atoms with van der Waals surface area (Å²) in [5.74, 6) is 1.50. The van der Waals surface area contributed by atoms with Gasteiger partial charge in [-0.2, -0.15) is 8.78 Å². The molecule has 4 rings (SSSR count). The molecule has 0 heterocycles. The van der Waals surface area contributed by atoms with Gasteiger partial charge in [-0.1, -0.05) is 0 Å². The third kappa shape index (κ3) is 6.07. The Morgan fingerprint density at radius 2 is 1.15 bits per heavy atom. The first-order valence-corrected chi connectivity index (χ1v) is 13.2. The summed E-state index contributed by atoms with van der Waals surface area (Å²) in [6.07, 6.45) is 14.5. The number of rotatable bonds is 6. The average molecular weight is 489 g/mol. The van der Waals surface area contributed by atoms with E-state index in [4.69, 9.17) is 16.3 Å². The smallest absolute Gasteiger partial charge is 0.353 e. The van der Waals surface area contributed by atoms with Crippen LogP contribution in [0.15, 0.2) is 12.1 Å². The molecule has 33 heavy (non-hydrogen) atoms. The van der Waals surface area contributed by atoms with E-state index in [1.165, 1.54) is 51.4 Å². The van der Waals surface area contributed by atoms with Gasteiger partial charge in [0, 0.05) is 13.7 Å². The van der Waals surface area contributed by atoms with Gasteiger partial charge in [-0.3, -0.25) is 0 Å². The summed E-state index contributed by atoms with van der Waals surface area (Å²) >= 11 is 4.87. The number of halogens is 5. The van der Waals surface area contributed by atoms with Crippen molar-refractivity contribution in [1.29, 1.82) is 0 Å². The van der Waals surface area contributed by atoms with Gasteiger partial charge >= 0.3 is 5.38 Å². The lowest BCUT2D eigenvalue weighted by Crippen LogP contribution is -2.30. The number of hydrogen-bond acceptors (Lipinski definition) is 1. The molecule has 6 heteroatoms. The second kappa shape index (κ2) is 10.8. The van der Waals surface area contributed by atoms with Gasteiger partial charge in [-0.25, -0.2) is 8.78 Å². The van der Waals surface area contributed by atoms with Crippen LogP contribution in [0.1, 0.15) is 94.1 Å². The van der Waals surface area contributed by atoms with E-state index in [0.29, 0.717) is 11.5 Å². The van der Waals surface area contributed by atoms with E-state index in [0.717, 1.165) is 68.1 Å². The highest BCUT2D eigenvalue weighted by Crippen LogP contribution is 2.47. The SMILES string of the molecule is COCC1CCC(C2CCC(C3CCC(c4cc(F)c(C(F)(F)Cl)c(F)c4)CC3)CC2)CC1. The zero-order chi connectivity index (χ0) is 23.6. The maximum absolute atomic E-state index is 14.2. The molecule has 0 atom stereocenters. The van der Waals surface area contributed by atoms with Crippen molar-refractivity contribution in [3.8, 4) is 0 Å². The number of methoxy groups -OCH3 is 1. The molecule has 0 aromatic heterocycles. The van der Waals surface area contributed by atoms with Crippen LogP contribution in [0.4, 0.5) is 17.6 Å². The van der Waals surface area contributed by atoms with Gasteiger partial charge in [0.05, 0.1) is 0 Å². The normalized spacial score (nSPS) is 33.8. The summed E-state index contributed by atoms with van der Waals surface area (Å²) in [7, 11) is 1.80. The van der Waals surface area contributed by atoms with Crippen molar-refractivity contribution in [2.45, 2.75) is 88.3 Å². The van der Waals surface area contributed by atoms with Crippen molar-refractivity contribution < 1.29 is 22.3 Å². The van der Waals surface area contributed by atoms with Gasteiger partial charge in [0.1, 0.15) is 17.2 Å². The van der Waals surface area contributed by atoms with E-state index in [1.54, 1.807) is 7.11 Å². The van der Waals surface area contributed by atoms with E-state index in [-0.39, 0.29) is 5.92 Å². The summed E-state index contributed by atoms with van der Waals surface area (Å²) in [6, 6.07) is 2.12. The Balaban J connectivity index is 1.25. The van der Waals surface area contributed by atoms with Crippen molar-refractivity contribution in [2.24, 2.45) is 29.6 Å². The van der Waals surface area contributed by atoms with Crippen LogP contribution in [0, 0.1) is 41.2 Å². The highest BCUT2D eigenvalue weighted by atomic mass is 35.5. The summed E-state index contributed by atoms with van der Waals surface area (Å²) < 4.78 is 60.2. The number of hydrogen-bond donors (Lipinski definition) is 0. The Kier molecular flexibility index (Phi) is 8.31. The van der Waals surface area contributed by atoms with Crippen LogP contribution in [0.25, 0.3) is 0 Å². The van der Waals surface area contributed by atoms with Crippen LogP contribution in [0.3, 0.4) is 0 Å². The molecule has 3 saturated carbocycles. The molecule has 0 radical (unpaired) electrons. The average Bonchev–Trinajstić information content (AvgIpc) is 2.79. The summed E-state index contributed by atoms with van der Waals surface area (Å²) in [4.78, 5) is 0. The van der Waals surface area contributed by atoms with Crippen LogP contribution in [0.2, 0.25) is 0 Å². The van der Waals surface area contributed by atoms with Gasteiger partial charge < -0.3 is 4.74 Å². The minimum atomic E-state index is -4.04.